The molecule has 0 atom stereocenters. The van der Waals surface area contributed by atoms with Crippen molar-refractivity contribution in [3.63, 3.8) is 0 Å². The molecule has 3 aromatic rings. The van der Waals surface area contributed by atoms with Crippen LogP contribution in [0.2, 0.25) is 0 Å². The highest BCUT2D eigenvalue weighted by Crippen LogP contribution is 2.26. The Hall–Kier alpha value is -4.14. The number of ketones is 1. The van der Waals surface area contributed by atoms with E-state index in [4.69, 9.17) is 14.2 Å². The summed E-state index contributed by atoms with van der Waals surface area (Å²) in [5, 5.41) is 0. The van der Waals surface area contributed by atoms with Gasteiger partial charge in [-0.2, -0.15) is 8.78 Å². The third-order valence-electron chi connectivity index (χ3n) is 5.24. The summed E-state index contributed by atoms with van der Waals surface area (Å²) in [6.45, 7) is 0.219. The van der Waals surface area contributed by atoms with E-state index in [0.29, 0.717) is 34.0 Å². The third-order valence-corrected chi connectivity index (χ3v) is 5.24. The zero-order valence-electron chi connectivity index (χ0n) is 19.7. The summed E-state index contributed by atoms with van der Waals surface area (Å²) in [4.78, 5) is 24.9. The topological polar surface area (TPSA) is 76.0 Å². The number of aryl methyl sites for hydroxylation is 1. The number of carbonyl (C=O) groups is 2. The molecule has 9 heteroatoms. The maximum Gasteiger partial charge on any atom is 0.387 e. The SMILES string of the molecule is COc1ccc(/C=C/C(=O)OCC(=O)c2cc(C)n(-c3ccc(OC(F)F)cc3)c2C)c(OC)c1. The molecule has 1 aromatic heterocycles. The summed E-state index contributed by atoms with van der Waals surface area (Å²) in [5.74, 6) is 0.119. The Bertz CT molecular complexity index is 1230. The van der Waals surface area contributed by atoms with Crippen molar-refractivity contribution in [2.75, 3.05) is 20.8 Å². The van der Waals surface area contributed by atoms with E-state index in [1.54, 1.807) is 47.9 Å². The second-order valence-electron chi connectivity index (χ2n) is 7.46. The summed E-state index contributed by atoms with van der Waals surface area (Å²) in [6.07, 6.45) is 2.74. The monoisotopic (exact) mass is 485 g/mol. The van der Waals surface area contributed by atoms with Crippen molar-refractivity contribution in [3.05, 3.63) is 77.1 Å². The first-order chi connectivity index (χ1) is 16.7. The number of nitrogens with zero attached hydrogens (tertiary/aromatic N) is 1. The number of carbonyl (C=O) groups excluding carboxylic acids is 2. The lowest BCUT2D eigenvalue weighted by Crippen LogP contribution is -2.13. The Labute approximate surface area is 201 Å². The first-order valence-corrected chi connectivity index (χ1v) is 10.6. The Morgan fingerprint density at radius 3 is 2.29 bits per heavy atom. The second-order valence-corrected chi connectivity index (χ2v) is 7.46. The quantitative estimate of drug-likeness (QED) is 0.225. The number of methoxy groups -OCH3 is 2. The largest absolute Gasteiger partial charge is 0.497 e. The fourth-order valence-corrected chi connectivity index (χ4v) is 3.60. The molecule has 35 heavy (non-hydrogen) atoms. The number of aromatic nitrogens is 1. The van der Waals surface area contributed by atoms with Gasteiger partial charge in [-0.25, -0.2) is 4.79 Å². The van der Waals surface area contributed by atoms with E-state index in [0.717, 1.165) is 5.69 Å². The lowest BCUT2D eigenvalue weighted by atomic mass is 10.1. The average molecular weight is 485 g/mol. The molecule has 0 radical (unpaired) electrons. The number of ether oxygens (including phenoxy) is 4. The van der Waals surface area contributed by atoms with Crippen LogP contribution in [0.25, 0.3) is 11.8 Å². The van der Waals surface area contributed by atoms with E-state index in [2.05, 4.69) is 4.74 Å². The third kappa shape index (κ3) is 6.26. The van der Waals surface area contributed by atoms with Crippen LogP contribution in [0, 0.1) is 13.8 Å². The van der Waals surface area contributed by atoms with Gasteiger partial charge in [0.2, 0.25) is 5.78 Å². The number of Topliss-reactive ketones (excluding diaryl/α,β-unsaturated/α-hetero) is 1. The Morgan fingerprint density at radius 1 is 0.971 bits per heavy atom. The number of halogens is 2. The molecule has 184 valence electrons. The van der Waals surface area contributed by atoms with Gasteiger partial charge in [-0.15, -0.1) is 0 Å². The predicted molar refractivity (Wildman–Crippen MR) is 126 cm³/mol. The highest BCUT2D eigenvalue weighted by Gasteiger charge is 2.18. The molecule has 0 saturated carbocycles. The van der Waals surface area contributed by atoms with E-state index in [1.807, 2.05) is 6.92 Å². The van der Waals surface area contributed by atoms with Crippen LogP contribution in [-0.2, 0) is 9.53 Å². The van der Waals surface area contributed by atoms with Crippen molar-refractivity contribution in [1.82, 2.24) is 4.57 Å². The molecule has 0 aliphatic carbocycles. The van der Waals surface area contributed by atoms with Crippen LogP contribution in [0.15, 0.2) is 54.6 Å². The summed E-state index contributed by atoms with van der Waals surface area (Å²) in [5.41, 5.74) is 3.10. The van der Waals surface area contributed by atoms with Gasteiger partial charge in [0.25, 0.3) is 0 Å². The molecule has 0 bridgehead atoms. The van der Waals surface area contributed by atoms with E-state index >= 15 is 0 Å². The molecular weight excluding hydrogens is 460 g/mol. The van der Waals surface area contributed by atoms with Gasteiger partial charge in [0.05, 0.1) is 14.2 Å². The maximum absolute atomic E-state index is 12.7. The molecule has 3 rings (SSSR count). The molecular formula is C26H25F2NO6. The Morgan fingerprint density at radius 2 is 1.66 bits per heavy atom. The zero-order chi connectivity index (χ0) is 25.5. The molecule has 0 saturated heterocycles. The molecule has 0 unspecified atom stereocenters. The van der Waals surface area contributed by atoms with Crippen molar-refractivity contribution >= 4 is 17.8 Å². The Kier molecular flexibility index (Phi) is 8.25. The summed E-state index contributed by atoms with van der Waals surface area (Å²) in [7, 11) is 3.04. The number of benzene rings is 2. The average Bonchev–Trinajstić information content (AvgIpc) is 3.15. The first-order valence-electron chi connectivity index (χ1n) is 10.6. The van der Waals surface area contributed by atoms with Crippen LogP contribution in [-0.4, -0.2) is 43.8 Å². The molecule has 0 aliphatic rings. The Balaban J connectivity index is 1.66. The normalized spacial score (nSPS) is 11.1. The number of hydrogen-bond donors (Lipinski definition) is 0. The van der Waals surface area contributed by atoms with Gasteiger partial charge in [-0.3, -0.25) is 4.79 Å². The fourth-order valence-electron chi connectivity index (χ4n) is 3.60. The highest BCUT2D eigenvalue weighted by molar-refractivity contribution is 6.00. The van der Waals surface area contributed by atoms with E-state index < -0.39 is 19.2 Å². The first kappa shape index (κ1) is 25.5. The molecule has 0 amide bonds. The highest BCUT2D eigenvalue weighted by atomic mass is 19.3. The molecule has 0 spiro atoms. The summed E-state index contributed by atoms with van der Waals surface area (Å²) < 4.78 is 46.5. The minimum Gasteiger partial charge on any atom is -0.497 e. The van der Waals surface area contributed by atoms with Gasteiger partial charge in [0, 0.05) is 40.3 Å². The standard InChI is InChI=1S/C26H25F2NO6/c1-16-13-22(17(2)29(16)19-7-10-20(11-8-19)35-26(27)28)23(30)15-34-25(31)12-6-18-5-9-21(32-3)14-24(18)33-4/h5-14,26H,15H2,1-4H3/b12-6+. The lowest BCUT2D eigenvalue weighted by Gasteiger charge is -2.11. The number of rotatable bonds is 10. The van der Waals surface area contributed by atoms with Crippen molar-refractivity contribution in [1.29, 1.82) is 0 Å². The van der Waals surface area contributed by atoms with Crippen molar-refractivity contribution < 1.29 is 37.3 Å². The van der Waals surface area contributed by atoms with Gasteiger partial charge in [-0.1, -0.05) is 0 Å². The number of esters is 1. The molecule has 0 aliphatic heterocycles. The molecule has 0 N–H and O–H groups in total. The number of alkyl halides is 2. The van der Waals surface area contributed by atoms with Crippen LogP contribution in [0.1, 0.15) is 27.3 Å². The van der Waals surface area contributed by atoms with E-state index in [1.165, 1.54) is 38.5 Å². The van der Waals surface area contributed by atoms with Gasteiger partial charge in [0.15, 0.2) is 6.61 Å². The molecule has 7 nitrogen and oxygen atoms in total. The fraction of sp³-hybridized carbons (Fsp3) is 0.231. The van der Waals surface area contributed by atoms with Gasteiger partial charge in [0.1, 0.15) is 17.2 Å². The van der Waals surface area contributed by atoms with Crippen molar-refractivity contribution in [3.8, 4) is 22.9 Å². The zero-order valence-corrected chi connectivity index (χ0v) is 19.7. The van der Waals surface area contributed by atoms with Crippen molar-refractivity contribution in [2.45, 2.75) is 20.5 Å². The van der Waals surface area contributed by atoms with Crippen LogP contribution in [0.3, 0.4) is 0 Å². The molecule has 1 heterocycles. The molecule has 2 aromatic carbocycles. The maximum atomic E-state index is 12.7. The number of hydrogen-bond acceptors (Lipinski definition) is 6. The van der Waals surface area contributed by atoms with Crippen LogP contribution in [0.5, 0.6) is 17.2 Å². The van der Waals surface area contributed by atoms with Gasteiger partial charge < -0.3 is 23.5 Å². The van der Waals surface area contributed by atoms with E-state index in [9.17, 15) is 18.4 Å². The van der Waals surface area contributed by atoms with Crippen LogP contribution >= 0.6 is 0 Å². The van der Waals surface area contributed by atoms with E-state index in [-0.39, 0.29) is 11.5 Å². The molecule has 0 fully saturated rings. The van der Waals surface area contributed by atoms with Crippen LogP contribution in [0.4, 0.5) is 8.78 Å². The summed E-state index contributed by atoms with van der Waals surface area (Å²) >= 11 is 0. The predicted octanol–water partition coefficient (Wildman–Crippen LogP) is 5.15. The van der Waals surface area contributed by atoms with Crippen LogP contribution < -0.4 is 14.2 Å². The summed E-state index contributed by atoms with van der Waals surface area (Å²) in [6, 6.07) is 12.9. The van der Waals surface area contributed by atoms with Crippen molar-refractivity contribution in [2.24, 2.45) is 0 Å². The minimum absolute atomic E-state index is 0.0368. The lowest BCUT2D eigenvalue weighted by molar-refractivity contribution is -0.136. The van der Waals surface area contributed by atoms with Gasteiger partial charge >= 0.3 is 12.6 Å². The smallest absolute Gasteiger partial charge is 0.387 e. The second kappa shape index (κ2) is 11.3. The minimum atomic E-state index is -2.91. The van der Waals surface area contributed by atoms with Gasteiger partial charge in [-0.05, 0) is 62.4 Å².